The lowest BCUT2D eigenvalue weighted by Crippen LogP contribution is -2.42. The van der Waals surface area contributed by atoms with Crippen molar-refractivity contribution in [1.82, 2.24) is 9.80 Å². The summed E-state index contributed by atoms with van der Waals surface area (Å²) in [5, 5.41) is 3.69. The smallest absolute Gasteiger partial charge is 0.0488 e. The van der Waals surface area contributed by atoms with Crippen LogP contribution in [0.5, 0.6) is 0 Å². The fourth-order valence-corrected chi connectivity index (χ4v) is 4.56. The molecule has 1 aliphatic rings. The van der Waals surface area contributed by atoms with E-state index in [1.807, 2.05) is 11.3 Å². The highest BCUT2D eigenvalue weighted by Gasteiger charge is 2.28. The average molecular weight is 303 g/mol. The number of rotatable bonds is 3. The monoisotopic (exact) mass is 303 g/mol. The quantitative estimate of drug-likeness (QED) is 0.946. The molecular formula is C17H25N3S. The first-order valence-corrected chi connectivity index (χ1v) is 8.69. The van der Waals surface area contributed by atoms with Crippen LogP contribution in [0.15, 0.2) is 29.6 Å². The van der Waals surface area contributed by atoms with E-state index in [0.29, 0.717) is 18.6 Å². The van der Waals surface area contributed by atoms with E-state index in [4.69, 9.17) is 5.73 Å². The molecule has 3 rings (SSSR count). The number of likely N-dealkylation sites (N-methyl/N-ethyl adjacent to an activating group) is 1. The van der Waals surface area contributed by atoms with E-state index in [1.54, 1.807) is 0 Å². The third-order valence-corrected chi connectivity index (χ3v) is 5.57. The first-order chi connectivity index (χ1) is 10.2. The van der Waals surface area contributed by atoms with Crippen molar-refractivity contribution in [3.05, 3.63) is 35.2 Å². The predicted molar refractivity (Wildman–Crippen MR) is 91.9 cm³/mol. The molecule has 2 unspecified atom stereocenters. The van der Waals surface area contributed by atoms with Crippen LogP contribution in [0, 0.1) is 0 Å². The summed E-state index contributed by atoms with van der Waals surface area (Å²) < 4.78 is 1.37. The minimum Gasteiger partial charge on any atom is -0.329 e. The first-order valence-electron chi connectivity index (χ1n) is 7.81. The Labute approximate surface area is 131 Å². The second-order valence-electron chi connectivity index (χ2n) is 6.14. The molecule has 1 aliphatic heterocycles. The number of thiophene rings is 1. The molecule has 2 N–H and O–H groups in total. The summed E-state index contributed by atoms with van der Waals surface area (Å²) >= 11 is 1.84. The first kappa shape index (κ1) is 15.0. The molecule has 2 aromatic rings. The maximum Gasteiger partial charge on any atom is 0.0488 e. The van der Waals surface area contributed by atoms with Crippen molar-refractivity contribution in [3.63, 3.8) is 0 Å². The summed E-state index contributed by atoms with van der Waals surface area (Å²) in [6, 6.07) is 9.57. The Kier molecular flexibility index (Phi) is 4.60. The van der Waals surface area contributed by atoms with Crippen LogP contribution in [0.4, 0.5) is 0 Å². The number of nitrogens with two attached hydrogens (primary N) is 1. The summed E-state index contributed by atoms with van der Waals surface area (Å²) in [5.41, 5.74) is 7.59. The van der Waals surface area contributed by atoms with Gasteiger partial charge in [0.2, 0.25) is 0 Å². The Morgan fingerprint density at radius 2 is 2.14 bits per heavy atom. The number of hydrogen-bond acceptors (Lipinski definition) is 4. The maximum absolute atomic E-state index is 6.18. The van der Waals surface area contributed by atoms with Crippen LogP contribution >= 0.6 is 11.3 Å². The van der Waals surface area contributed by atoms with E-state index in [2.05, 4.69) is 53.4 Å². The van der Waals surface area contributed by atoms with Crippen molar-refractivity contribution in [1.29, 1.82) is 0 Å². The normalized spacial score (nSPS) is 23.3. The predicted octanol–water partition coefficient (Wildman–Crippen LogP) is 2.93. The van der Waals surface area contributed by atoms with Gasteiger partial charge in [-0.3, -0.25) is 4.90 Å². The van der Waals surface area contributed by atoms with Gasteiger partial charge in [0.25, 0.3) is 0 Å². The molecule has 0 spiro atoms. The van der Waals surface area contributed by atoms with E-state index in [9.17, 15) is 0 Å². The molecule has 0 saturated carbocycles. The van der Waals surface area contributed by atoms with Crippen LogP contribution in [-0.2, 0) is 0 Å². The van der Waals surface area contributed by atoms with Crippen molar-refractivity contribution in [2.75, 3.05) is 33.2 Å². The van der Waals surface area contributed by atoms with Crippen LogP contribution in [0.1, 0.15) is 24.9 Å². The van der Waals surface area contributed by atoms with Gasteiger partial charge in [-0.25, -0.2) is 0 Å². The van der Waals surface area contributed by atoms with Crippen molar-refractivity contribution < 1.29 is 0 Å². The van der Waals surface area contributed by atoms with Crippen LogP contribution in [0.3, 0.4) is 0 Å². The Hall–Kier alpha value is -0.940. The summed E-state index contributed by atoms with van der Waals surface area (Å²) in [6.07, 6.45) is 1.22. The molecule has 0 amide bonds. The fourth-order valence-electron chi connectivity index (χ4n) is 3.55. The Balaban J connectivity index is 1.93. The molecule has 4 heteroatoms. The molecule has 1 aromatic carbocycles. The summed E-state index contributed by atoms with van der Waals surface area (Å²) in [6.45, 7) is 6.46. The number of benzene rings is 1. The van der Waals surface area contributed by atoms with Gasteiger partial charge in [-0.15, -0.1) is 11.3 Å². The lowest BCUT2D eigenvalue weighted by Gasteiger charge is -2.35. The summed E-state index contributed by atoms with van der Waals surface area (Å²) in [5.74, 6) is 0. The van der Waals surface area contributed by atoms with Gasteiger partial charge in [0.1, 0.15) is 0 Å². The Morgan fingerprint density at radius 1 is 1.33 bits per heavy atom. The Bertz CT molecular complexity index is 594. The molecule has 0 bridgehead atoms. The maximum atomic E-state index is 6.18. The minimum absolute atomic E-state index is 0.336. The minimum atomic E-state index is 0.336. The SMILES string of the molecule is CC1CN(C)CCCN1C(CN)c1csc2ccccc12. The van der Waals surface area contributed by atoms with Crippen LogP contribution in [0.2, 0.25) is 0 Å². The largest absolute Gasteiger partial charge is 0.329 e. The highest BCUT2D eigenvalue weighted by atomic mass is 32.1. The standard InChI is InChI=1S/C17H25N3S/c1-13-11-19(2)8-5-9-20(13)16(10-18)15-12-21-17-7-4-3-6-14(15)17/h3-4,6-7,12-13,16H,5,8-11,18H2,1-2H3. The van der Waals surface area contributed by atoms with Crippen LogP contribution in [-0.4, -0.2) is 49.1 Å². The molecule has 1 saturated heterocycles. The van der Waals surface area contributed by atoms with E-state index >= 15 is 0 Å². The third-order valence-electron chi connectivity index (χ3n) is 4.59. The zero-order valence-corrected chi connectivity index (χ0v) is 13.8. The molecule has 2 heterocycles. The van der Waals surface area contributed by atoms with Crippen molar-refractivity contribution in [2.45, 2.75) is 25.4 Å². The van der Waals surface area contributed by atoms with Gasteiger partial charge in [0.15, 0.2) is 0 Å². The lowest BCUT2D eigenvalue weighted by atomic mass is 10.0. The summed E-state index contributed by atoms with van der Waals surface area (Å²) in [4.78, 5) is 5.04. The zero-order chi connectivity index (χ0) is 14.8. The molecule has 0 aliphatic carbocycles. The molecule has 21 heavy (non-hydrogen) atoms. The molecule has 1 fully saturated rings. The number of nitrogens with zero attached hydrogens (tertiary/aromatic N) is 2. The molecule has 114 valence electrons. The van der Waals surface area contributed by atoms with Crippen LogP contribution < -0.4 is 5.73 Å². The van der Waals surface area contributed by atoms with E-state index in [0.717, 1.165) is 13.1 Å². The highest BCUT2D eigenvalue weighted by Crippen LogP contribution is 2.34. The second-order valence-corrected chi connectivity index (χ2v) is 7.05. The molecular weight excluding hydrogens is 278 g/mol. The van der Waals surface area contributed by atoms with Gasteiger partial charge in [-0.2, -0.15) is 0 Å². The van der Waals surface area contributed by atoms with Gasteiger partial charge in [0, 0.05) is 36.4 Å². The van der Waals surface area contributed by atoms with Gasteiger partial charge >= 0.3 is 0 Å². The van der Waals surface area contributed by atoms with Crippen molar-refractivity contribution >= 4 is 21.4 Å². The van der Waals surface area contributed by atoms with E-state index in [-0.39, 0.29) is 0 Å². The van der Waals surface area contributed by atoms with Gasteiger partial charge in [-0.1, -0.05) is 18.2 Å². The zero-order valence-electron chi connectivity index (χ0n) is 13.0. The molecule has 2 atom stereocenters. The van der Waals surface area contributed by atoms with Gasteiger partial charge in [-0.05, 0) is 49.3 Å². The van der Waals surface area contributed by atoms with Crippen molar-refractivity contribution in [2.24, 2.45) is 5.73 Å². The highest BCUT2D eigenvalue weighted by molar-refractivity contribution is 7.17. The average Bonchev–Trinajstić information content (AvgIpc) is 2.82. The molecule has 0 radical (unpaired) electrons. The van der Waals surface area contributed by atoms with Gasteiger partial charge < -0.3 is 10.6 Å². The Morgan fingerprint density at radius 3 is 2.95 bits per heavy atom. The van der Waals surface area contributed by atoms with Crippen LogP contribution in [0.25, 0.3) is 10.1 Å². The summed E-state index contributed by atoms with van der Waals surface area (Å²) in [7, 11) is 2.22. The van der Waals surface area contributed by atoms with Gasteiger partial charge in [0.05, 0.1) is 0 Å². The number of fused-ring (bicyclic) bond motifs is 1. The fraction of sp³-hybridized carbons (Fsp3) is 0.529. The van der Waals surface area contributed by atoms with Crippen molar-refractivity contribution in [3.8, 4) is 0 Å². The molecule has 1 aromatic heterocycles. The van der Waals surface area contributed by atoms with E-state index in [1.165, 1.54) is 28.6 Å². The third kappa shape index (κ3) is 2.99. The number of hydrogen-bond donors (Lipinski definition) is 1. The topological polar surface area (TPSA) is 32.5 Å². The molecule has 3 nitrogen and oxygen atoms in total. The second kappa shape index (κ2) is 6.44. The van der Waals surface area contributed by atoms with E-state index < -0.39 is 0 Å². The lowest BCUT2D eigenvalue weighted by molar-refractivity contribution is 0.147.